The molecule has 0 bridgehead atoms. The maximum Gasteiger partial charge on any atom is 0.416 e. The van der Waals surface area contributed by atoms with E-state index in [1.54, 1.807) is 0 Å². The Kier molecular flexibility index (Phi) is 3.75. The van der Waals surface area contributed by atoms with Crippen molar-refractivity contribution >= 4 is 5.97 Å². The molecule has 0 aliphatic heterocycles. The summed E-state index contributed by atoms with van der Waals surface area (Å²) in [5, 5.41) is 8.42. The molecule has 1 N–H and O–H groups in total. The molecule has 0 amide bonds. The zero-order valence-electron chi connectivity index (χ0n) is 8.94. The van der Waals surface area contributed by atoms with Crippen LogP contribution in [0.3, 0.4) is 0 Å². The average molecular weight is 250 g/mol. The SMILES string of the molecule is Cc1cc(CCC(=O)O)c(F)cc1C(F)(F)F. The molecule has 0 aliphatic carbocycles. The monoisotopic (exact) mass is 250 g/mol. The minimum atomic E-state index is -4.60. The lowest BCUT2D eigenvalue weighted by Crippen LogP contribution is -2.10. The molecule has 0 unspecified atom stereocenters. The fraction of sp³-hybridized carbons (Fsp3) is 0.364. The Morgan fingerprint density at radius 2 is 1.94 bits per heavy atom. The third-order valence-corrected chi connectivity index (χ3v) is 2.31. The Hall–Kier alpha value is -1.59. The minimum absolute atomic E-state index is 0.0158. The summed E-state index contributed by atoms with van der Waals surface area (Å²) in [7, 11) is 0. The van der Waals surface area contributed by atoms with Gasteiger partial charge in [0.25, 0.3) is 0 Å². The van der Waals surface area contributed by atoms with Crippen LogP contribution >= 0.6 is 0 Å². The van der Waals surface area contributed by atoms with Gasteiger partial charge in [0.05, 0.1) is 5.56 Å². The zero-order chi connectivity index (χ0) is 13.2. The highest BCUT2D eigenvalue weighted by atomic mass is 19.4. The maximum atomic E-state index is 13.3. The number of benzene rings is 1. The fourth-order valence-corrected chi connectivity index (χ4v) is 1.48. The van der Waals surface area contributed by atoms with E-state index in [2.05, 4.69) is 0 Å². The van der Waals surface area contributed by atoms with Gasteiger partial charge in [0.2, 0.25) is 0 Å². The molecule has 6 heteroatoms. The van der Waals surface area contributed by atoms with Crippen molar-refractivity contribution in [1.29, 1.82) is 0 Å². The van der Waals surface area contributed by atoms with E-state index in [9.17, 15) is 22.4 Å². The molecule has 0 aliphatic rings. The number of halogens is 4. The van der Waals surface area contributed by atoms with Crippen molar-refractivity contribution in [3.05, 3.63) is 34.6 Å². The minimum Gasteiger partial charge on any atom is -0.481 e. The van der Waals surface area contributed by atoms with Gasteiger partial charge < -0.3 is 5.11 Å². The van der Waals surface area contributed by atoms with Crippen LogP contribution in [0, 0.1) is 12.7 Å². The zero-order valence-corrected chi connectivity index (χ0v) is 8.94. The Morgan fingerprint density at radius 1 is 1.35 bits per heavy atom. The van der Waals surface area contributed by atoms with Crippen LogP contribution in [-0.4, -0.2) is 11.1 Å². The van der Waals surface area contributed by atoms with Gasteiger partial charge in [0.15, 0.2) is 0 Å². The van der Waals surface area contributed by atoms with Crippen LogP contribution in [0.4, 0.5) is 17.6 Å². The number of carbonyl (C=O) groups is 1. The molecule has 1 aromatic rings. The molecule has 0 aromatic heterocycles. The maximum absolute atomic E-state index is 13.3. The first-order chi connectivity index (χ1) is 7.71. The van der Waals surface area contributed by atoms with Crippen LogP contribution in [0.5, 0.6) is 0 Å². The molecule has 0 spiro atoms. The molecule has 2 nitrogen and oxygen atoms in total. The molecule has 94 valence electrons. The molecule has 0 saturated carbocycles. The lowest BCUT2D eigenvalue weighted by molar-refractivity contribution is -0.138. The van der Waals surface area contributed by atoms with Crippen LogP contribution in [0.2, 0.25) is 0 Å². The predicted octanol–water partition coefficient (Wildman–Crippen LogP) is 3.17. The molecule has 1 aromatic carbocycles. The second-order valence-corrected chi connectivity index (χ2v) is 3.65. The van der Waals surface area contributed by atoms with E-state index < -0.39 is 23.5 Å². The normalized spacial score (nSPS) is 11.6. The van der Waals surface area contributed by atoms with E-state index in [1.165, 1.54) is 6.92 Å². The van der Waals surface area contributed by atoms with Crippen LogP contribution in [0.1, 0.15) is 23.1 Å². The van der Waals surface area contributed by atoms with Gasteiger partial charge in [-0.05, 0) is 30.5 Å². The Balaban J connectivity index is 3.06. The van der Waals surface area contributed by atoms with Crippen molar-refractivity contribution in [3.63, 3.8) is 0 Å². The molecule has 17 heavy (non-hydrogen) atoms. The number of rotatable bonds is 3. The number of alkyl halides is 3. The summed E-state index contributed by atoms with van der Waals surface area (Å²) in [6.45, 7) is 1.21. The van der Waals surface area contributed by atoms with E-state index in [0.717, 1.165) is 6.07 Å². The number of carboxylic acids is 1. The first kappa shape index (κ1) is 13.5. The van der Waals surface area contributed by atoms with Crippen LogP contribution in [-0.2, 0) is 17.4 Å². The van der Waals surface area contributed by atoms with Crippen molar-refractivity contribution in [1.82, 2.24) is 0 Å². The first-order valence-electron chi connectivity index (χ1n) is 4.80. The summed E-state index contributed by atoms with van der Waals surface area (Å²) in [5.74, 6) is -2.15. The largest absolute Gasteiger partial charge is 0.481 e. The lowest BCUT2D eigenvalue weighted by atomic mass is 10.0. The highest BCUT2D eigenvalue weighted by molar-refractivity contribution is 5.67. The Bertz CT molecular complexity index is 438. The molecule has 0 radical (unpaired) electrons. The number of aliphatic carboxylic acids is 1. The summed E-state index contributed by atoms with van der Waals surface area (Å²) in [5.41, 5.74) is -1.16. The molecule has 1 rings (SSSR count). The molecule has 0 fully saturated rings. The fourth-order valence-electron chi connectivity index (χ4n) is 1.48. The molecular weight excluding hydrogens is 240 g/mol. The van der Waals surface area contributed by atoms with E-state index >= 15 is 0 Å². The summed E-state index contributed by atoms with van der Waals surface area (Å²) >= 11 is 0. The van der Waals surface area contributed by atoms with Gasteiger partial charge in [0.1, 0.15) is 5.82 Å². The van der Waals surface area contributed by atoms with E-state index in [1.807, 2.05) is 0 Å². The van der Waals surface area contributed by atoms with Gasteiger partial charge in [0, 0.05) is 6.42 Å². The Labute approximate surface area is 94.9 Å². The smallest absolute Gasteiger partial charge is 0.416 e. The lowest BCUT2D eigenvalue weighted by Gasteiger charge is -2.12. The summed E-state index contributed by atoms with van der Waals surface area (Å²) < 4.78 is 50.6. The third kappa shape index (κ3) is 3.44. The third-order valence-electron chi connectivity index (χ3n) is 2.31. The van der Waals surface area contributed by atoms with Gasteiger partial charge in [-0.1, -0.05) is 6.07 Å². The van der Waals surface area contributed by atoms with Crippen LogP contribution in [0.25, 0.3) is 0 Å². The molecule has 0 heterocycles. The summed E-state index contributed by atoms with van der Waals surface area (Å²) in [4.78, 5) is 10.3. The highest BCUT2D eigenvalue weighted by Gasteiger charge is 2.33. The van der Waals surface area contributed by atoms with E-state index in [0.29, 0.717) is 6.07 Å². The van der Waals surface area contributed by atoms with E-state index in [-0.39, 0.29) is 24.0 Å². The average Bonchev–Trinajstić information content (AvgIpc) is 2.17. The topological polar surface area (TPSA) is 37.3 Å². The van der Waals surface area contributed by atoms with Gasteiger partial charge in [-0.25, -0.2) is 4.39 Å². The van der Waals surface area contributed by atoms with Crippen molar-refractivity contribution in [2.24, 2.45) is 0 Å². The first-order valence-corrected chi connectivity index (χ1v) is 4.80. The summed E-state index contributed by atoms with van der Waals surface area (Å²) in [6, 6.07) is 1.45. The van der Waals surface area contributed by atoms with Gasteiger partial charge in [-0.15, -0.1) is 0 Å². The van der Waals surface area contributed by atoms with Crippen LogP contribution in [0.15, 0.2) is 12.1 Å². The highest BCUT2D eigenvalue weighted by Crippen LogP contribution is 2.33. The van der Waals surface area contributed by atoms with Gasteiger partial charge in [-0.3, -0.25) is 4.79 Å². The standard InChI is InChI=1S/C11H10F4O2/c1-6-4-7(2-3-10(16)17)9(12)5-8(6)11(13,14)15/h4-5H,2-3H2,1H3,(H,16,17). The van der Waals surface area contributed by atoms with E-state index in [4.69, 9.17) is 5.11 Å². The van der Waals surface area contributed by atoms with Crippen LogP contribution < -0.4 is 0 Å². The van der Waals surface area contributed by atoms with Crippen molar-refractivity contribution < 1.29 is 27.5 Å². The van der Waals surface area contributed by atoms with Gasteiger partial charge >= 0.3 is 12.1 Å². The number of hydrogen-bond acceptors (Lipinski definition) is 1. The number of hydrogen-bond donors (Lipinski definition) is 1. The van der Waals surface area contributed by atoms with Crippen molar-refractivity contribution in [2.75, 3.05) is 0 Å². The number of aryl methyl sites for hydroxylation is 2. The van der Waals surface area contributed by atoms with Crippen molar-refractivity contribution in [2.45, 2.75) is 25.9 Å². The number of carboxylic acid groups (broad SMARTS) is 1. The Morgan fingerprint density at radius 3 is 2.41 bits per heavy atom. The molecular formula is C11H10F4O2. The molecule has 0 saturated heterocycles. The van der Waals surface area contributed by atoms with Crippen molar-refractivity contribution in [3.8, 4) is 0 Å². The second kappa shape index (κ2) is 4.73. The molecule has 0 atom stereocenters. The van der Waals surface area contributed by atoms with Gasteiger partial charge in [-0.2, -0.15) is 13.2 Å². The second-order valence-electron chi connectivity index (χ2n) is 3.65. The predicted molar refractivity (Wildman–Crippen MR) is 52.1 cm³/mol. The quantitative estimate of drug-likeness (QED) is 0.836. The summed E-state index contributed by atoms with van der Waals surface area (Å²) in [6.07, 6.45) is -5.04.